The minimum atomic E-state index is 0.616. The van der Waals surface area contributed by atoms with Crippen LogP contribution < -0.4 is 10.1 Å². The monoisotopic (exact) mass is 541 g/mol. The number of hydrogen-bond donors (Lipinski definition) is 1. The molecule has 4 aromatic carbocycles. The molecule has 0 unspecified atom stereocenters. The maximum atomic E-state index is 6.17. The topological polar surface area (TPSA) is 71.9 Å². The van der Waals surface area contributed by atoms with E-state index in [1.807, 2.05) is 30.5 Å². The van der Waals surface area contributed by atoms with E-state index >= 15 is 0 Å². The summed E-state index contributed by atoms with van der Waals surface area (Å²) < 4.78 is 11.6. The molecule has 7 rings (SSSR count). The van der Waals surface area contributed by atoms with Crippen LogP contribution >= 0.6 is 0 Å². The van der Waals surface area contributed by atoms with Crippen LogP contribution in [0.4, 0.5) is 11.5 Å². The lowest BCUT2D eigenvalue weighted by atomic mass is 10.0. The molecule has 0 saturated carbocycles. The first-order valence-corrected chi connectivity index (χ1v) is 14.1. The minimum absolute atomic E-state index is 0.616. The van der Waals surface area contributed by atoms with E-state index in [2.05, 4.69) is 81.9 Å². The predicted octanol–water partition coefficient (Wildman–Crippen LogP) is 6.35. The van der Waals surface area contributed by atoms with Crippen molar-refractivity contribution < 1.29 is 9.47 Å². The lowest BCUT2D eigenvalue weighted by Crippen LogP contribution is -2.38. The Hall–Kier alpha value is -4.59. The Labute approximate surface area is 239 Å². The molecule has 2 aliphatic rings. The molecule has 0 radical (unpaired) electrons. The normalized spacial score (nSPS) is 14.7. The van der Waals surface area contributed by atoms with Crippen molar-refractivity contribution in [2.45, 2.75) is 6.54 Å². The Morgan fingerprint density at radius 2 is 1.61 bits per heavy atom. The van der Waals surface area contributed by atoms with Gasteiger partial charge in [-0.3, -0.25) is 9.89 Å². The standard InChI is InChI=1S/C34H31N5O2/c1-2-4-24(5-3-1)25-6-8-26(9-7-25)33-37-32-13-12-30(41-19-16-39-14-17-40-18-15-39)21-31(32)34(38-33)36-29-11-10-27-22-35-23-28(27)20-29/h1-13,20-21,23H,14-19,22H2,(H,36,37,38). The van der Waals surface area contributed by atoms with Gasteiger partial charge in [0.1, 0.15) is 18.2 Å². The van der Waals surface area contributed by atoms with E-state index < -0.39 is 0 Å². The number of benzene rings is 4. The van der Waals surface area contributed by atoms with Gasteiger partial charge in [0.2, 0.25) is 0 Å². The molecule has 5 aromatic rings. The number of fused-ring (bicyclic) bond motifs is 2. The van der Waals surface area contributed by atoms with Crippen LogP contribution in [0.3, 0.4) is 0 Å². The molecule has 1 aromatic heterocycles. The molecule has 3 heterocycles. The maximum absolute atomic E-state index is 6.17. The van der Waals surface area contributed by atoms with Crippen molar-refractivity contribution in [3.63, 3.8) is 0 Å². The van der Waals surface area contributed by atoms with Crippen LogP contribution in [-0.4, -0.2) is 60.5 Å². The van der Waals surface area contributed by atoms with Gasteiger partial charge in [0.05, 0.1) is 25.3 Å². The van der Waals surface area contributed by atoms with Crippen LogP contribution in [0.2, 0.25) is 0 Å². The van der Waals surface area contributed by atoms with Gasteiger partial charge in [-0.2, -0.15) is 0 Å². The van der Waals surface area contributed by atoms with Gasteiger partial charge in [0, 0.05) is 42.5 Å². The highest BCUT2D eigenvalue weighted by molar-refractivity contribution is 5.94. The third kappa shape index (κ3) is 5.68. The highest BCUT2D eigenvalue weighted by Gasteiger charge is 2.14. The zero-order valence-corrected chi connectivity index (χ0v) is 22.8. The lowest BCUT2D eigenvalue weighted by molar-refractivity contribution is 0.0322. The van der Waals surface area contributed by atoms with Crippen LogP contribution in [0.1, 0.15) is 11.1 Å². The third-order valence-electron chi connectivity index (χ3n) is 7.60. The number of aromatic nitrogens is 2. The number of anilines is 2. The van der Waals surface area contributed by atoms with Gasteiger partial charge in [-0.1, -0.05) is 60.7 Å². The van der Waals surface area contributed by atoms with Crippen molar-refractivity contribution in [1.82, 2.24) is 14.9 Å². The number of ether oxygens (including phenoxy) is 2. The van der Waals surface area contributed by atoms with Crippen LogP contribution in [0.15, 0.2) is 96.0 Å². The van der Waals surface area contributed by atoms with Crippen molar-refractivity contribution >= 4 is 28.6 Å². The molecule has 0 amide bonds. The van der Waals surface area contributed by atoms with Crippen molar-refractivity contribution in [2.75, 3.05) is 44.8 Å². The predicted molar refractivity (Wildman–Crippen MR) is 164 cm³/mol. The van der Waals surface area contributed by atoms with E-state index in [0.29, 0.717) is 12.4 Å². The van der Waals surface area contributed by atoms with Crippen LogP contribution in [0.5, 0.6) is 5.75 Å². The first-order valence-electron chi connectivity index (χ1n) is 14.1. The van der Waals surface area contributed by atoms with Gasteiger partial charge in [0.15, 0.2) is 5.82 Å². The number of hydrogen-bond acceptors (Lipinski definition) is 7. The maximum Gasteiger partial charge on any atom is 0.162 e. The molecule has 7 heteroatoms. The number of rotatable bonds is 8. The van der Waals surface area contributed by atoms with Gasteiger partial charge in [0.25, 0.3) is 0 Å². The zero-order chi connectivity index (χ0) is 27.4. The summed E-state index contributed by atoms with van der Waals surface area (Å²) in [5, 5.41) is 4.48. The second-order valence-corrected chi connectivity index (χ2v) is 10.3. The highest BCUT2D eigenvalue weighted by atomic mass is 16.5. The molecule has 0 atom stereocenters. The first-order chi connectivity index (χ1) is 20.3. The molecular weight excluding hydrogens is 510 g/mol. The Balaban J connectivity index is 1.20. The summed E-state index contributed by atoms with van der Waals surface area (Å²) in [6.45, 7) is 5.69. The summed E-state index contributed by atoms with van der Waals surface area (Å²) in [6, 6.07) is 31.2. The SMILES string of the molecule is C1=NCc2ccc(Nc3nc(-c4ccc(-c5ccccc5)cc4)nc4ccc(OCCN5CCOCC5)cc34)cc21. The zero-order valence-electron chi connectivity index (χ0n) is 22.8. The molecule has 1 saturated heterocycles. The number of nitrogens with one attached hydrogen (secondary N) is 1. The quantitative estimate of drug-likeness (QED) is 0.247. The molecule has 1 N–H and O–H groups in total. The van der Waals surface area contributed by atoms with Gasteiger partial charge in [-0.15, -0.1) is 0 Å². The third-order valence-corrected chi connectivity index (χ3v) is 7.60. The summed E-state index contributed by atoms with van der Waals surface area (Å²) in [5.41, 5.74) is 7.49. The molecular formula is C34H31N5O2. The number of aliphatic imine (C=N–C) groups is 1. The van der Waals surface area contributed by atoms with Crippen molar-refractivity contribution in [2.24, 2.45) is 4.99 Å². The molecule has 0 aliphatic carbocycles. The van der Waals surface area contributed by atoms with Gasteiger partial charge in [-0.05, 0) is 52.6 Å². The van der Waals surface area contributed by atoms with Gasteiger partial charge in [-0.25, -0.2) is 9.97 Å². The van der Waals surface area contributed by atoms with E-state index in [1.54, 1.807) is 0 Å². The van der Waals surface area contributed by atoms with Crippen LogP contribution in [0, 0.1) is 0 Å². The summed E-state index contributed by atoms with van der Waals surface area (Å²) >= 11 is 0. The van der Waals surface area contributed by atoms with Crippen LogP contribution in [-0.2, 0) is 11.3 Å². The average molecular weight is 542 g/mol. The molecule has 1 fully saturated rings. The largest absolute Gasteiger partial charge is 0.492 e. The number of nitrogens with zero attached hydrogens (tertiary/aromatic N) is 4. The van der Waals surface area contributed by atoms with Crippen molar-refractivity contribution in [3.8, 4) is 28.3 Å². The molecule has 0 spiro atoms. The van der Waals surface area contributed by atoms with Gasteiger partial charge < -0.3 is 14.8 Å². The fraction of sp³-hybridized carbons (Fsp3) is 0.206. The first kappa shape index (κ1) is 25.4. The van der Waals surface area contributed by atoms with E-state index in [9.17, 15) is 0 Å². The summed E-state index contributed by atoms with van der Waals surface area (Å²) in [4.78, 5) is 16.7. The average Bonchev–Trinajstić information content (AvgIpc) is 3.50. The van der Waals surface area contributed by atoms with E-state index in [-0.39, 0.29) is 0 Å². The van der Waals surface area contributed by atoms with Crippen molar-refractivity contribution in [1.29, 1.82) is 0 Å². The Morgan fingerprint density at radius 1 is 0.805 bits per heavy atom. The van der Waals surface area contributed by atoms with Gasteiger partial charge >= 0.3 is 0 Å². The summed E-state index contributed by atoms with van der Waals surface area (Å²) in [5.74, 6) is 2.22. The van der Waals surface area contributed by atoms with E-state index in [1.165, 1.54) is 11.1 Å². The van der Waals surface area contributed by atoms with Crippen molar-refractivity contribution in [3.05, 3.63) is 102 Å². The minimum Gasteiger partial charge on any atom is -0.492 e. The summed E-state index contributed by atoms with van der Waals surface area (Å²) in [7, 11) is 0. The Bertz CT molecular complexity index is 1700. The second kappa shape index (κ2) is 11.5. The highest BCUT2D eigenvalue weighted by Crippen LogP contribution is 2.32. The second-order valence-electron chi connectivity index (χ2n) is 10.3. The molecule has 41 heavy (non-hydrogen) atoms. The van der Waals surface area contributed by atoms with E-state index in [0.717, 1.165) is 84.2 Å². The summed E-state index contributed by atoms with van der Waals surface area (Å²) in [6.07, 6.45) is 1.93. The van der Waals surface area contributed by atoms with E-state index in [4.69, 9.17) is 19.4 Å². The van der Waals surface area contributed by atoms with Crippen LogP contribution in [0.25, 0.3) is 33.4 Å². The molecule has 2 aliphatic heterocycles. The Morgan fingerprint density at radius 3 is 2.46 bits per heavy atom. The smallest absolute Gasteiger partial charge is 0.162 e. The Kier molecular flexibility index (Phi) is 7.11. The molecule has 7 nitrogen and oxygen atoms in total. The number of morpholine rings is 1. The fourth-order valence-corrected chi connectivity index (χ4v) is 5.30. The lowest BCUT2D eigenvalue weighted by Gasteiger charge is -2.26. The fourth-order valence-electron chi connectivity index (χ4n) is 5.30. The molecule has 204 valence electrons. The molecule has 0 bridgehead atoms.